The summed E-state index contributed by atoms with van der Waals surface area (Å²) in [5.41, 5.74) is 7.89. The summed E-state index contributed by atoms with van der Waals surface area (Å²) < 4.78 is 2.05. The zero-order chi connectivity index (χ0) is 14.1. The lowest BCUT2D eigenvalue weighted by Gasteiger charge is -2.21. The average molecular weight is 271 g/mol. The van der Waals surface area contributed by atoms with Gasteiger partial charge in [0.15, 0.2) is 0 Å². The Morgan fingerprint density at radius 1 is 1.25 bits per heavy atom. The van der Waals surface area contributed by atoms with E-state index in [0.29, 0.717) is 0 Å². The van der Waals surface area contributed by atoms with Gasteiger partial charge < -0.3 is 15.2 Å². The number of benzene rings is 1. The number of aryl methyl sites for hydroxylation is 1. The zero-order valence-electron chi connectivity index (χ0n) is 11.9. The number of carbonyl (C=O) groups excluding carboxylic acids is 1. The number of hydrogen-bond donors (Lipinski definition) is 1. The Hall–Kier alpha value is -1.81. The molecule has 0 spiro atoms. The molecular weight excluding hydrogens is 250 g/mol. The first kappa shape index (κ1) is 13.2. The van der Waals surface area contributed by atoms with Crippen LogP contribution in [0.3, 0.4) is 0 Å². The van der Waals surface area contributed by atoms with E-state index < -0.39 is 0 Å². The molecule has 1 atom stereocenters. The fraction of sp³-hybridized carbons (Fsp3) is 0.438. The Kier molecular flexibility index (Phi) is 3.49. The Bertz CT molecular complexity index is 632. The number of hydrogen-bond acceptors (Lipinski definition) is 2. The van der Waals surface area contributed by atoms with Crippen LogP contribution in [0.5, 0.6) is 0 Å². The topological polar surface area (TPSA) is 51.3 Å². The molecule has 0 unspecified atom stereocenters. The van der Waals surface area contributed by atoms with Gasteiger partial charge in [0.1, 0.15) is 0 Å². The van der Waals surface area contributed by atoms with Crippen LogP contribution < -0.4 is 5.73 Å². The maximum atomic E-state index is 12.8. The van der Waals surface area contributed by atoms with Crippen LogP contribution in [-0.4, -0.2) is 34.5 Å². The van der Waals surface area contributed by atoms with Crippen molar-refractivity contribution in [3.05, 3.63) is 36.0 Å². The first-order valence-electron chi connectivity index (χ1n) is 7.26. The highest BCUT2D eigenvalue weighted by Crippen LogP contribution is 2.22. The second-order valence-corrected chi connectivity index (χ2v) is 5.65. The van der Waals surface area contributed by atoms with Gasteiger partial charge in [0.25, 0.3) is 5.91 Å². The molecule has 0 aliphatic carbocycles. The quantitative estimate of drug-likeness (QED) is 0.864. The molecule has 1 fully saturated rings. The maximum Gasteiger partial charge on any atom is 0.254 e. The van der Waals surface area contributed by atoms with E-state index in [1.165, 1.54) is 0 Å². The molecule has 4 heteroatoms. The summed E-state index contributed by atoms with van der Waals surface area (Å²) >= 11 is 0. The molecule has 3 rings (SSSR count). The lowest BCUT2D eigenvalue weighted by atomic mass is 10.1. The first-order chi connectivity index (χ1) is 9.66. The van der Waals surface area contributed by atoms with Crippen LogP contribution in [0.15, 0.2) is 30.5 Å². The Morgan fingerprint density at radius 3 is 2.95 bits per heavy atom. The van der Waals surface area contributed by atoms with Crippen LogP contribution in [0, 0.1) is 0 Å². The Labute approximate surface area is 119 Å². The molecule has 1 amide bonds. The van der Waals surface area contributed by atoms with Crippen molar-refractivity contribution >= 4 is 16.8 Å². The second-order valence-electron chi connectivity index (χ2n) is 5.65. The third-order valence-corrected chi connectivity index (χ3v) is 4.22. The average Bonchev–Trinajstić information content (AvgIpc) is 2.69. The summed E-state index contributed by atoms with van der Waals surface area (Å²) in [6, 6.07) is 8.19. The molecule has 20 heavy (non-hydrogen) atoms. The summed E-state index contributed by atoms with van der Waals surface area (Å²) in [7, 11) is 2.00. The van der Waals surface area contributed by atoms with Crippen molar-refractivity contribution in [2.24, 2.45) is 12.8 Å². The Morgan fingerprint density at radius 2 is 2.10 bits per heavy atom. The molecule has 106 valence electrons. The zero-order valence-corrected chi connectivity index (χ0v) is 11.9. The third-order valence-electron chi connectivity index (χ3n) is 4.22. The lowest BCUT2D eigenvalue weighted by molar-refractivity contribution is 0.0763. The molecule has 2 N–H and O–H groups in total. The minimum atomic E-state index is 0.135. The van der Waals surface area contributed by atoms with Gasteiger partial charge in [-0.3, -0.25) is 4.79 Å². The molecular formula is C16H21N3O. The normalized spacial score (nSPS) is 20.1. The molecule has 0 saturated carbocycles. The number of nitrogens with two attached hydrogens (primary N) is 1. The first-order valence-corrected chi connectivity index (χ1v) is 7.26. The summed E-state index contributed by atoms with van der Waals surface area (Å²) in [6.45, 7) is 1.58. The highest BCUT2D eigenvalue weighted by atomic mass is 16.2. The van der Waals surface area contributed by atoms with E-state index in [1.807, 2.05) is 47.0 Å². The van der Waals surface area contributed by atoms with Crippen LogP contribution in [0.1, 0.15) is 29.6 Å². The predicted octanol–water partition coefficient (Wildman–Crippen LogP) is 2.13. The maximum absolute atomic E-state index is 12.8. The molecule has 0 bridgehead atoms. The van der Waals surface area contributed by atoms with E-state index in [2.05, 4.69) is 0 Å². The van der Waals surface area contributed by atoms with Gasteiger partial charge in [-0.2, -0.15) is 0 Å². The van der Waals surface area contributed by atoms with Crippen LogP contribution in [0.4, 0.5) is 0 Å². The molecule has 0 radical (unpaired) electrons. The van der Waals surface area contributed by atoms with Crippen LogP contribution >= 0.6 is 0 Å². The monoisotopic (exact) mass is 271 g/mol. The fourth-order valence-electron chi connectivity index (χ4n) is 2.98. The van der Waals surface area contributed by atoms with Gasteiger partial charge in [0, 0.05) is 48.8 Å². The minimum absolute atomic E-state index is 0.135. The molecule has 1 aromatic carbocycles. The van der Waals surface area contributed by atoms with E-state index in [1.54, 1.807) is 0 Å². The van der Waals surface area contributed by atoms with E-state index >= 15 is 0 Å². The summed E-state index contributed by atoms with van der Waals surface area (Å²) in [6.07, 6.45) is 4.91. The van der Waals surface area contributed by atoms with E-state index in [0.717, 1.165) is 48.8 Å². The van der Waals surface area contributed by atoms with Crippen LogP contribution in [-0.2, 0) is 7.05 Å². The molecule has 2 heterocycles. The second kappa shape index (κ2) is 5.29. The highest BCUT2D eigenvalue weighted by molar-refractivity contribution is 6.06. The van der Waals surface area contributed by atoms with Gasteiger partial charge in [-0.15, -0.1) is 0 Å². The fourth-order valence-corrected chi connectivity index (χ4v) is 2.98. The van der Waals surface area contributed by atoms with E-state index in [9.17, 15) is 4.79 Å². The third kappa shape index (κ3) is 2.31. The number of fused-ring (bicyclic) bond motifs is 1. The SMILES string of the molecule is Cn1ccc2c(C(=O)N3CCC[C@H](N)CC3)cccc21. The number of amides is 1. The minimum Gasteiger partial charge on any atom is -0.351 e. The van der Waals surface area contributed by atoms with Crippen molar-refractivity contribution in [3.8, 4) is 0 Å². The van der Waals surface area contributed by atoms with Gasteiger partial charge in [-0.1, -0.05) is 6.07 Å². The number of carbonyl (C=O) groups is 1. The molecule has 2 aromatic rings. The smallest absolute Gasteiger partial charge is 0.254 e. The van der Waals surface area contributed by atoms with Crippen molar-refractivity contribution in [3.63, 3.8) is 0 Å². The van der Waals surface area contributed by atoms with E-state index in [-0.39, 0.29) is 11.9 Å². The highest BCUT2D eigenvalue weighted by Gasteiger charge is 2.21. The van der Waals surface area contributed by atoms with Gasteiger partial charge in [-0.05, 0) is 37.5 Å². The molecule has 1 aromatic heterocycles. The van der Waals surface area contributed by atoms with Crippen LogP contribution in [0.25, 0.3) is 10.9 Å². The van der Waals surface area contributed by atoms with Crippen molar-refractivity contribution in [1.29, 1.82) is 0 Å². The Balaban J connectivity index is 1.92. The van der Waals surface area contributed by atoms with E-state index in [4.69, 9.17) is 5.73 Å². The lowest BCUT2D eigenvalue weighted by Crippen LogP contribution is -2.32. The number of aromatic nitrogens is 1. The number of likely N-dealkylation sites (tertiary alicyclic amines) is 1. The molecule has 1 aliphatic heterocycles. The number of nitrogens with zero attached hydrogens (tertiary/aromatic N) is 2. The van der Waals surface area contributed by atoms with Crippen molar-refractivity contribution in [2.45, 2.75) is 25.3 Å². The van der Waals surface area contributed by atoms with Gasteiger partial charge in [-0.25, -0.2) is 0 Å². The van der Waals surface area contributed by atoms with Crippen molar-refractivity contribution in [1.82, 2.24) is 9.47 Å². The largest absolute Gasteiger partial charge is 0.351 e. The van der Waals surface area contributed by atoms with Gasteiger partial charge in [0.05, 0.1) is 0 Å². The number of rotatable bonds is 1. The molecule has 1 saturated heterocycles. The summed E-state index contributed by atoms with van der Waals surface area (Å²) in [5.74, 6) is 0.135. The van der Waals surface area contributed by atoms with Crippen molar-refractivity contribution in [2.75, 3.05) is 13.1 Å². The molecule has 4 nitrogen and oxygen atoms in total. The van der Waals surface area contributed by atoms with Gasteiger partial charge in [0.2, 0.25) is 0 Å². The summed E-state index contributed by atoms with van der Waals surface area (Å²) in [5, 5.41) is 1.04. The summed E-state index contributed by atoms with van der Waals surface area (Å²) in [4.78, 5) is 14.7. The predicted molar refractivity (Wildman–Crippen MR) is 80.6 cm³/mol. The van der Waals surface area contributed by atoms with Crippen molar-refractivity contribution < 1.29 is 4.79 Å². The standard InChI is InChI=1S/C16H21N3O/c1-18-10-8-13-14(5-2-6-15(13)18)16(20)19-9-3-4-12(17)7-11-19/h2,5-6,8,10,12H,3-4,7,9,11,17H2,1H3/t12-/m0/s1. The van der Waals surface area contributed by atoms with Gasteiger partial charge >= 0.3 is 0 Å². The molecule has 1 aliphatic rings. The van der Waals surface area contributed by atoms with Crippen LogP contribution in [0.2, 0.25) is 0 Å².